The smallest absolute Gasteiger partial charge is 0.329 e. The third-order valence-corrected chi connectivity index (χ3v) is 15.8. The number of hydrogen-bond donors (Lipinski definition) is 0. The van der Waals surface area contributed by atoms with Crippen molar-refractivity contribution in [1.82, 2.24) is 39.2 Å². The molecular weight excluding hydrogens is 1070 g/mol. The van der Waals surface area contributed by atoms with Gasteiger partial charge in [-0.15, -0.1) is 0 Å². The number of ether oxygens (including phenoxy) is 4. The zero-order chi connectivity index (χ0) is 62.7. The first-order chi connectivity index (χ1) is 39.3. The maximum absolute atomic E-state index is 15.1. The van der Waals surface area contributed by atoms with Gasteiger partial charge in [-0.1, -0.05) is 104 Å². The molecule has 1 saturated heterocycles. The second kappa shape index (κ2) is 28.9. The molecule has 8 atom stereocenters. The first kappa shape index (κ1) is 67.4. The maximum atomic E-state index is 15.1. The van der Waals surface area contributed by atoms with Crippen molar-refractivity contribution in [3.05, 3.63) is 108 Å². The summed E-state index contributed by atoms with van der Waals surface area (Å²) >= 11 is 0. The van der Waals surface area contributed by atoms with Gasteiger partial charge in [-0.2, -0.15) is 10.2 Å². The summed E-state index contributed by atoms with van der Waals surface area (Å²) in [4.78, 5) is 123. The van der Waals surface area contributed by atoms with E-state index in [4.69, 9.17) is 18.9 Å². The molecule has 0 aliphatic carbocycles. The monoisotopic (exact) mass is 1160 g/mol. The van der Waals surface area contributed by atoms with Gasteiger partial charge in [0.25, 0.3) is 23.6 Å². The number of nitrogens with zero attached hydrogens (tertiary/aromatic N) is 8. The number of carbonyl (C=O) groups is 8. The van der Waals surface area contributed by atoms with E-state index in [-0.39, 0.29) is 62.2 Å². The summed E-state index contributed by atoms with van der Waals surface area (Å²) in [6.07, 6.45) is 1.05. The summed E-state index contributed by atoms with van der Waals surface area (Å²) in [5, 5.41) is 8.87. The first-order valence-corrected chi connectivity index (χ1v) is 29.3. The van der Waals surface area contributed by atoms with E-state index in [1.165, 1.54) is 42.0 Å². The lowest BCUT2D eigenvalue weighted by Gasteiger charge is -2.35. The Morgan fingerprint density at radius 2 is 0.679 bits per heavy atom. The number of aromatic nitrogens is 4. The van der Waals surface area contributed by atoms with Crippen molar-refractivity contribution in [3.63, 3.8) is 0 Å². The molecule has 4 amide bonds. The standard InChI is InChI=1S/C64H92N8O12/c1-39(2)33-49-59(77)81-43(9)55(73)67(15)52(36-42(7)8)62(80)84-54(38-46-23-27-48(28-24-46)64(13,14)72-32-20-30-66-72)58(76)70(18)50(34-40(3)4)60(78)82-44(10)56(74)68(16)51(35-41(5)6)61(79)83-53(57(75)69(49)17)37-45-21-25-47(26-22-45)63(11,12)71-31-19-29-65-71/h19-32,39-44,49-54H,33-38H2,1-18H3/t43-,44-,49+,50+,51+,52+,53-,54-/m1/s1. The molecule has 0 saturated carbocycles. The van der Waals surface area contributed by atoms with Crippen molar-refractivity contribution in [1.29, 1.82) is 0 Å². The number of esters is 4. The average Bonchev–Trinajstić information content (AvgIpc) is 4.37. The Balaban J connectivity index is 1.61. The molecule has 0 bridgehead atoms. The fourth-order valence-corrected chi connectivity index (χ4v) is 10.5. The van der Waals surface area contributed by atoms with Crippen molar-refractivity contribution in [2.24, 2.45) is 23.7 Å². The number of rotatable bonds is 16. The van der Waals surface area contributed by atoms with E-state index < -0.39 is 107 Å². The van der Waals surface area contributed by atoms with Gasteiger partial charge in [0.2, 0.25) is 0 Å². The van der Waals surface area contributed by atoms with Gasteiger partial charge in [0.15, 0.2) is 24.4 Å². The van der Waals surface area contributed by atoms with Crippen LogP contribution in [0.5, 0.6) is 0 Å². The van der Waals surface area contributed by atoms with Gasteiger partial charge >= 0.3 is 23.9 Å². The molecule has 5 rings (SSSR count). The molecule has 2 aromatic carbocycles. The Kier molecular flexibility index (Phi) is 23.2. The molecule has 1 fully saturated rings. The number of carbonyl (C=O) groups excluding carboxylic acids is 8. The number of cyclic esters (lactones) is 4. The normalized spacial score (nSPS) is 23.1. The van der Waals surface area contributed by atoms with Gasteiger partial charge in [-0.3, -0.25) is 28.5 Å². The Morgan fingerprint density at radius 3 is 0.929 bits per heavy atom. The largest absolute Gasteiger partial charge is 0.451 e. The molecule has 2 aromatic heterocycles. The van der Waals surface area contributed by atoms with E-state index in [9.17, 15) is 28.8 Å². The SMILES string of the molecule is CC(C)C[C@H]1C(=O)O[C@H](Cc2ccc(C(C)(C)n3cccn3)cc2)C(=O)N(C)[C@@H](CC(C)C)C(=O)O[C@H](C)C(=O)N(C)[C@@H](CC(C)C)C(=O)O[C@H](Cc2ccc(C(C)(C)n3cccn3)cc2)C(=O)N(C)[C@@H](CC(C)C)C(=O)O[C@H](C)C(=O)N1C. The Bertz CT molecular complexity index is 2650. The van der Waals surface area contributed by atoms with Crippen molar-refractivity contribution < 1.29 is 57.3 Å². The van der Waals surface area contributed by atoms with E-state index in [1.54, 1.807) is 12.4 Å². The van der Waals surface area contributed by atoms with E-state index in [2.05, 4.69) is 10.2 Å². The van der Waals surface area contributed by atoms with Crippen LogP contribution >= 0.6 is 0 Å². The van der Waals surface area contributed by atoms with Crippen LogP contribution in [0.3, 0.4) is 0 Å². The summed E-state index contributed by atoms with van der Waals surface area (Å²) in [5.41, 5.74) is 1.92. The molecule has 0 radical (unpaired) electrons. The molecule has 0 unspecified atom stereocenters. The molecule has 1 aliphatic heterocycles. The predicted octanol–water partition coefficient (Wildman–Crippen LogP) is 7.62. The minimum absolute atomic E-state index is 0.0779. The quantitative estimate of drug-likeness (QED) is 0.0778. The van der Waals surface area contributed by atoms with E-state index >= 15 is 9.59 Å². The fourth-order valence-electron chi connectivity index (χ4n) is 10.5. The maximum Gasteiger partial charge on any atom is 0.329 e. The molecule has 4 aromatic rings. The van der Waals surface area contributed by atoms with Crippen LogP contribution < -0.4 is 0 Å². The fraction of sp³-hybridized carbons (Fsp3) is 0.594. The van der Waals surface area contributed by atoms with Crippen LogP contribution in [0.4, 0.5) is 0 Å². The zero-order valence-electron chi connectivity index (χ0n) is 52.7. The third-order valence-electron chi connectivity index (χ3n) is 15.8. The van der Waals surface area contributed by atoms with Crippen LogP contribution in [0.2, 0.25) is 0 Å². The van der Waals surface area contributed by atoms with E-state index in [0.717, 1.165) is 30.7 Å². The van der Waals surface area contributed by atoms with E-state index in [0.29, 0.717) is 11.1 Å². The Labute approximate surface area is 496 Å². The molecule has 0 N–H and O–H groups in total. The van der Waals surface area contributed by atoms with Crippen molar-refractivity contribution in [2.75, 3.05) is 28.2 Å². The van der Waals surface area contributed by atoms with Crippen molar-refractivity contribution >= 4 is 47.5 Å². The predicted molar refractivity (Wildman–Crippen MR) is 317 cm³/mol. The number of amides is 4. The van der Waals surface area contributed by atoms with Crippen LogP contribution in [0.25, 0.3) is 0 Å². The van der Waals surface area contributed by atoms with Crippen molar-refractivity contribution in [3.8, 4) is 0 Å². The van der Waals surface area contributed by atoms with Crippen LogP contribution in [0.1, 0.15) is 145 Å². The molecule has 0 spiro atoms. The van der Waals surface area contributed by atoms with Crippen LogP contribution in [0.15, 0.2) is 85.5 Å². The van der Waals surface area contributed by atoms with Crippen LogP contribution in [-0.2, 0) is 81.2 Å². The second-order valence-corrected chi connectivity index (χ2v) is 25.2. The number of likely N-dealkylation sites (N-methyl/N-ethyl adjacent to an activating group) is 4. The van der Waals surface area contributed by atoms with Crippen LogP contribution in [0, 0.1) is 23.7 Å². The highest BCUT2D eigenvalue weighted by molar-refractivity contribution is 5.94. The number of benzene rings is 2. The lowest BCUT2D eigenvalue weighted by molar-refractivity contribution is -0.176. The molecule has 3 heterocycles. The van der Waals surface area contributed by atoms with Gasteiger partial charge in [-0.05, 0) is 125 Å². The lowest BCUT2D eigenvalue weighted by Crippen LogP contribution is -2.55. The number of hydrogen-bond acceptors (Lipinski definition) is 14. The van der Waals surface area contributed by atoms with Crippen molar-refractivity contribution in [2.45, 2.75) is 195 Å². The highest BCUT2D eigenvalue weighted by Gasteiger charge is 2.43. The Hall–Kier alpha value is -7.38. The van der Waals surface area contributed by atoms with Gasteiger partial charge in [0.05, 0.1) is 11.1 Å². The van der Waals surface area contributed by atoms with Gasteiger partial charge < -0.3 is 38.5 Å². The lowest BCUT2D eigenvalue weighted by atomic mass is 9.92. The highest BCUT2D eigenvalue weighted by atomic mass is 16.6. The summed E-state index contributed by atoms with van der Waals surface area (Å²) < 4.78 is 28.0. The summed E-state index contributed by atoms with van der Waals surface area (Å²) in [7, 11) is 5.58. The average molecular weight is 1170 g/mol. The molecule has 84 heavy (non-hydrogen) atoms. The molecule has 1 aliphatic rings. The summed E-state index contributed by atoms with van der Waals surface area (Å²) in [5.74, 6) is -7.47. The zero-order valence-corrected chi connectivity index (χ0v) is 52.7. The first-order valence-electron chi connectivity index (χ1n) is 29.3. The Morgan fingerprint density at radius 1 is 0.417 bits per heavy atom. The highest BCUT2D eigenvalue weighted by Crippen LogP contribution is 2.29. The topological polar surface area (TPSA) is 222 Å². The van der Waals surface area contributed by atoms with Gasteiger partial charge in [0, 0.05) is 65.8 Å². The second-order valence-electron chi connectivity index (χ2n) is 25.2. The minimum Gasteiger partial charge on any atom is -0.451 e. The third kappa shape index (κ3) is 16.9. The molecule has 20 heteroatoms. The summed E-state index contributed by atoms with van der Waals surface area (Å²) in [6, 6.07) is 13.3. The van der Waals surface area contributed by atoms with Gasteiger partial charge in [0.1, 0.15) is 24.2 Å². The minimum atomic E-state index is -1.55. The van der Waals surface area contributed by atoms with E-state index in [1.807, 2.05) is 166 Å². The van der Waals surface area contributed by atoms with Gasteiger partial charge in [-0.25, -0.2) is 19.2 Å². The molecule has 20 nitrogen and oxygen atoms in total. The molecular formula is C64H92N8O12. The summed E-state index contributed by atoms with van der Waals surface area (Å²) in [6.45, 7) is 25.6. The molecule has 460 valence electrons. The van der Waals surface area contributed by atoms with Crippen LogP contribution in [-0.4, -0.2) is 163 Å².